The van der Waals surface area contributed by atoms with Crippen molar-refractivity contribution in [3.05, 3.63) is 41.5 Å². The minimum Gasteiger partial charge on any atom is -0.379 e. The average molecular weight is 543 g/mol. The Hall–Kier alpha value is -2.84. The molecule has 3 aliphatic heterocycles. The Morgan fingerprint density at radius 2 is 2.11 bits per heavy atom. The zero-order valence-corrected chi connectivity index (χ0v) is 22.5. The summed E-state index contributed by atoms with van der Waals surface area (Å²) >= 11 is 1.22. The summed E-state index contributed by atoms with van der Waals surface area (Å²) in [6.07, 6.45) is 9.04. The normalized spacial score (nSPS) is 21.1. The molecule has 0 aliphatic carbocycles. The summed E-state index contributed by atoms with van der Waals surface area (Å²) in [5.41, 5.74) is 4.43. The molecular weight excluding hydrogens is 512 g/mol. The first-order chi connectivity index (χ1) is 17.9. The van der Waals surface area contributed by atoms with Crippen molar-refractivity contribution < 1.29 is 13.2 Å². The number of nitrogens with one attached hydrogen (secondary N) is 2. The number of aryl methyl sites for hydroxylation is 1. The summed E-state index contributed by atoms with van der Waals surface area (Å²) in [7, 11) is -1.63. The standard InChI is InChI=1S/C24H30N8O3S2/c1-16-10-21(36-24(16)37(33,34)31-6-8-35-9-7-31)29-22-23-26-13-20(18-12-27-30(2)14-18)32(23)15-19(28-22)17-4-3-5-25-11-17/h4,10,12-13,15,18,25H,3,5-9,11,14H2,1-2H3,(H,28,29). The Bertz CT molecular complexity index is 1490. The number of imidazole rings is 1. The maximum atomic E-state index is 13.3. The van der Waals surface area contributed by atoms with E-state index >= 15 is 0 Å². The number of morpholine rings is 1. The van der Waals surface area contributed by atoms with Gasteiger partial charge in [-0.05, 0) is 37.1 Å². The molecule has 0 aromatic carbocycles. The van der Waals surface area contributed by atoms with Crippen molar-refractivity contribution >= 4 is 49.6 Å². The van der Waals surface area contributed by atoms with E-state index in [1.165, 1.54) is 15.6 Å². The van der Waals surface area contributed by atoms with E-state index in [-0.39, 0.29) is 5.92 Å². The topological polar surface area (TPSA) is 116 Å². The Morgan fingerprint density at radius 3 is 2.84 bits per heavy atom. The first-order valence-electron chi connectivity index (χ1n) is 12.4. The van der Waals surface area contributed by atoms with Crippen LogP contribution in [0.1, 0.15) is 29.3 Å². The molecule has 6 rings (SSSR count). The molecule has 0 radical (unpaired) electrons. The highest BCUT2D eigenvalue weighted by molar-refractivity contribution is 7.91. The van der Waals surface area contributed by atoms with Crippen LogP contribution in [0.5, 0.6) is 0 Å². The molecular formula is C24H30N8O3S2. The molecule has 3 aliphatic rings. The second kappa shape index (κ2) is 9.80. The van der Waals surface area contributed by atoms with Crippen LogP contribution in [0.3, 0.4) is 0 Å². The molecule has 13 heteroatoms. The number of hydrogen-bond donors (Lipinski definition) is 2. The molecule has 1 unspecified atom stereocenters. The van der Waals surface area contributed by atoms with Crippen LogP contribution in [-0.2, 0) is 14.8 Å². The lowest BCUT2D eigenvalue weighted by Gasteiger charge is -2.25. The molecule has 1 fully saturated rings. The highest BCUT2D eigenvalue weighted by Gasteiger charge is 2.30. The van der Waals surface area contributed by atoms with Gasteiger partial charge >= 0.3 is 0 Å². The maximum Gasteiger partial charge on any atom is 0.253 e. The van der Waals surface area contributed by atoms with Crippen molar-refractivity contribution in [2.75, 3.05) is 58.3 Å². The molecule has 1 saturated heterocycles. The van der Waals surface area contributed by atoms with Crippen molar-refractivity contribution in [3.63, 3.8) is 0 Å². The van der Waals surface area contributed by atoms with E-state index in [4.69, 9.17) is 14.7 Å². The van der Waals surface area contributed by atoms with Gasteiger partial charge in [0.1, 0.15) is 4.21 Å². The third-order valence-electron chi connectivity index (χ3n) is 6.82. The number of likely N-dealkylation sites (N-methyl/N-ethyl adjacent to an activating group) is 1. The molecule has 0 amide bonds. The van der Waals surface area contributed by atoms with Crippen LogP contribution in [0.25, 0.3) is 11.2 Å². The molecule has 2 N–H and O–H groups in total. The van der Waals surface area contributed by atoms with Gasteiger partial charge in [-0.25, -0.2) is 18.4 Å². The van der Waals surface area contributed by atoms with Crippen molar-refractivity contribution in [1.82, 2.24) is 29.0 Å². The van der Waals surface area contributed by atoms with Gasteiger partial charge in [0.05, 0.1) is 41.7 Å². The zero-order valence-electron chi connectivity index (χ0n) is 20.8. The number of hydrogen-bond acceptors (Lipinski definition) is 10. The van der Waals surface area contributed by atoms with E-state index in [0.29, 0.717) is 52.5 Å². The quantitative estimate of drug-likeness (QED) is 0.487. The first-order valence-corrected chi connectivity index (χ1v) is 14.6. The summed E-state index contributed by atoms with van der Waals surface area (Å²) in [5.74, 6) is 0.714. The number of hydrazone groups is 1. The average Bonchev–Trinajstić information content (AvgIpc) is 3.63. The molecule has 37 heavy (non-hydrogen) atoms. The number of ether oxygens (including phenoxy) is 1. The molecule has 1 atom stereocenters. The monoisotopic (exact) mass is 542 g/mol. The molecule has 0 saturated carbocycles. The third-order valence-corrected chi connectivity index (χ3v) is 10.5. The lowest BCUT2D eigenvalue weighted by Crippen LogP contribution is -2.40. The van der Waals surface area contributed by atoms with E-state index in [0.717, 1.165) is 43.0 Å². The molecule has 0 bridgehead atoms. The summed E-state index contributed by atoms with van der Waals surface area (Å²) < 4.78 is 35.9. The minimum absolute atomic E-state index is 0.121. The second-order valence-corrected chi connectivity index (χ2v) is 12.7. The predicted molar refractivity (Wildman–Crippen MR) is 144 cm³/mol. The van der Waals surface area contributed by atoms with Gasteiger partial charge in [-0.2, -0.15) is 9.41 Å². The number of sulfonamides is 1. The highest BCUT2D eigenvalue weighted by atomic mass is 32.2. The highest BCUT2D eigenvalue weighted by Crippen LogP contribution is 2.36. The lowest BCUT2D eigenvalue weighted by molar-refractivity contribution is 0.0731. The van der Waals surface area contributed by atoms with E-state index in [2.05, 4.69) is 26.2 Å². The fourth-order valence-electron chi connectivity index (χ4n) is 4.91. The number of nitrogens with zero attached hydrogens (tertiary/aromatic N) is 6. The van der Waals surface area contributed by atoms with E-state index in [9.17, 15) is 8.42 Å². The van der Waals surface area contributed by atoms with E-state index < -0.39 is 10.0 Å². The Labute approximate surface area is 219 Å². The van der Waals surface area contributed by atoms with Gasteiger partial charge in [-0.15, -0.1) is 11.3 Å². The number of aromatic nitrogens is 3. The fraction of sp³-hybridized carbons (Fsp3) is 0.458. The van der Waals surface area contributed by atoms with Gasteiger partial charge in [0.15, 0.2) is 11.5 Å². The van der Waals surface area contributed by atoms with Crippen molar-refractivity contribution in [3.8, 4) is 0 Å². The van der Waals surface area contributed by atoms with Crippen LogP contribution in [0.2, 0.25) is 0 Å². The number of thiophene rings is 1. The molecule has 3 aromatic heterocycles. The predicted octanol–water partition coefficient (Wildman–Crippen LogP) is 2.26. The van der Waals surface area contributed by atoms with Crippen LogP contribution in [0.4, 0.5) is 10.8 Å². The van der Waals surface area contributed by atoms with Crippen molar-refractivity contribution in [2.24, 2.45) is 5.10 Å². The van der Waals surface area contributed by atoms with Crippen molar-refractivity contribution in [1.29, 1.82) is 0 Å². The van der Waals surface area contributed by atoms with Crippen LogP contribution < -0.4 is 10.6 Å². The van der Waals surface area contributed by atoms with Crippen LogP contribution in [0, 0.1) is 6.92 Å². The third kappa shape index (κ3) is 4.66. The minimum atomic E-state index is -3.59. The van der Waals surface area contributed by atoms with Gasteiger partial charge in [0.25, 0.3) is 10.0 Å². The first kappa shape index (κ1) is 24.5. The van der Waals surface area contributed by atoms with E-state index in [1.807, 2.05) is 43.7 Å². The lowest BCUT2D eigenvalue weighted by atomic mass is 10.1. The van der Waals surface area contributed by atoms with E-state index in [1.54, 1.807) is 0 Å². The number of fused-ring (bicyclic) bond motifs is 1. The molecule has 0 spiro atoms. The molecule has 3 aromatic rings. The van der Waals surface area contributed by atoms with Crippen LogP contribution >= 0.6 is 11.3 Å². The smallest absolute Gasteiger partial charge is 0.253 e. The zero-order chi connectivity index (χ0) is 25.6. The molecule has 196 valence electrons. The van der Waals surface area contributed by atoms with Gasteiger partial charge in [0, 0.05) is 45.6 Å². The number of rotatable bonds is 6. The van der Waals surface area contributed by atoms with Gasteiger partial charge in [-0.3, -0.25) is 9.41 Å². The summed E-state index contributed by atoms with van der Waals surface area (Å²) in [6.45, 7) is 5.87. The Kier molecular flexibility index (Phi) is 6.49. The van der Waals surface area contributed by atoms with Gasteiger partial charge in [0.2, 0.25) is 0 Å². The largest absolute Gasteiger partial charge is 0.379 e. The van der Waals surface area contributed by atoms with Gasteiger partial charge in [-0.1, -0.05) is 6.08 Å². The van der Waals surface area contributed by atoms with Crippen LogP contribution in [0.15, 0.2) is 33.8 Å². The maximum absolute atomic E-state index is 13.3. The van der Waals surface area contributed by atoms with Crippen molar-refractivity contribution in [2.45, 2.75) is 23.5 Å². The van der Waals surface area contributed by atoms with Gasteiger partial charge < -0.3 is 15.4 Å². The molecule has 6 heterocycles. The number of anilines is 2. The second-order valence-electron chi connectivity index (χ2n) is 9.48. The summed E-state index contributed by atoms with van der Waals surface area (Å²) in [5, 5.41) is 13.9. The van der Waals surface area contributed by atoms with Crippen LogP contribution in [-0.4, -0.2) is 91.3 Å². The fourth-order valence-corrected chi connectivity index (χ4v) is 8.05. The Balaban J connectivity index is 1.39. The summed E-state index contributed by atoms with van der Waals surface area (Å²) in [6, 6.07) is 1.87. The molecule has 11 nitrogen and oxygen atoms in total. The summed E-state index contributed by atoms with van der Waals surface area (Å²) in [4.78, 5) is 9.66. The Morgan fingerprint density at radius 1 is 1.27 bits per heavy atom. The SMILES string of the molecule is Cc1cc(Nc2nc(C3=CCCNC3)cn3c(C4C=NN(C)C4)cnc23)sc1S(=O)(=O)N1CCOCC1.